The minimum atomic E-state index is -1.55. The Bertz CT molecular complexity index is 821. The Hall–Kier alpha value is -3.17. The molecule has 0 aliphatic carbocycles. The van der Waals surface area contributed by atoms with Crippen LogP contribution >= 0.6 is 11.8 Å². The molecule has 1 aromatic rings. The molecule has 1 rings (SSSR count). The summed E-state index contributed by atoms with van der Waals surface area (Å²) in [5.41, 5.74) is 11.3. The van der Waals surface area contributed by atoms with Crippen molar-refractivity contribution in [1.82, 2.24) is 25.9 Å². The molecule has 0 fully saturated rings. The van der Waals surface area contributed by atoms with Gasteiger partial charge >= 0.3 is 5.97 Å². The standard InChI is InChI=1S/C18H29N7O7S/c1-33-3-2-10(19)15(28)25-13(7-26)17(30)23-11(5-14(20)27)16(29)24-12(18(31)32)4-9-6-21-8-22-9/h6,8,10-13,26H,2-5,7,19H2,1H3,(H2,20,27)(H,21,22)(H,23,30)(H,24,29)(H,25,28)(H,31,32). The van der Waals surface area contributed by atoms with E-state index >= 15 is 0 Å². The van der Waals surface area contributed by atoms with E-state index < -0.39 is 66.8 Å². The van der Waals surface area contributed by atoms with Crippen molar-refractivity contribution in [3.05, 3.63) is 18.2 Å². The number of nitrogens with one attached hydrogen (secondary N) is 4. The number of hydrogen-bond donors (Lipinski definition) is 8. The maximum Gasteiger partial charge on any atom is 0.326 e. The van der Waals surface area contributed by atoms with Gasteiger partial charge in [0.25, 0.3) is 0 Å². The van der Waals surface area contributed by atoms with Crippen LogP contribution in [0.4, 0.5) is 0 Å². The summed E-state index contributed by atoms with van der Waals surface area (Å²) >= 11 is 1.48. The van der Waals surface area contributed by atoms with E-state index in [1.165, 1.54) is 24.3 Å². The molecule has 0 spiro atoms. The van der Waals surface area contributed by atoms with Gasteiger partial charge in [0.1, 0.15) is 18.1 Å². The lowest BCUT2D eigenvalue weighted by Crippen LogP contribution is -2.58. The number of imidazole rings is 1. The number of primary amides is 1. The molecule has 184 valence electrons. The topological polar surface area (TPSA) is 243 Å². The first kappa shape index (κ1) is 27.9. The van der Waals surface area contributed by atoms with Crippen LogP contribution in [0.2, 0.25) is 0 Å². The van der Waals surface area contributed by atoms with E-state index in [-0.39, 0.29) is 6.42 Å². The van der Waals surface area contributed by atoms with Gasteiger partial charge in [0.15, 0.2) is 0 Å². The fourth-order valence-corrected chi connectivity index (χ4v) is 3.11. The quantitative estimate of drug-likeness (QED) is 0.121. The minimum absolute atomic E-state index is 0.137. The van der Waals surface area contributed by atoms with Crippen LogP contribution in [-0.4, -0.2) is 92.6 Å². The Morgan fingerprint density at radius 3 is 2.21 bits per heavy atom. The number of aromatic amines is 1. The Kier molecular flexibility index (Phi) is 11.9. The third-order valence-corrected chi connectivity index (χ3v) is 5.06. The molecule has 4 amide bonds. The summed E-state index contributed by atoms with van der Waals surface area (Å²) in [6.45, 7) is -0.810. The lowest BCUT2D eigenvalue weighted by atomic mass is 10.1. The molecule has 15 heteroatoms. The fraction of sp³-hybridized carbons (Fsp3) is 0.556. The van der Waals surface area contributed by atoms with Crippen LogP contribution in [0.15, 0.2) is 12.5 Å². The number of thioether (sulfide) groups is 1. The van der Waals surface area contributed by atoms with Gasteiger partial charge in [-0.2, -0.15) is 11.8 Å². The number of carbonyl (C=O) groups excluding carboxylic acids is 4. The highest BCUT2D eigenvalue weighted by molar-refractivity contribution is 7.98. The second-order valence-corrected chi connectivity index (χ2v) is 8.03. The molecule has 0 radical (unpaired) electrons. The first-order valence-electron chi connectivity index (χ1n) is 9.83. The van der Waals surface area contributed by atoms with E-state index in [1.807, 2.05) is 6.26 Å². The zero-order chi connectivity index (χ0) is 25.0. The third-order valence-electron chi connectivity index (χ3n) is 4.42. The van der Waals surface area contributed by atoms with Crippen molar-refractivity contribution in [2.45, 2.75) is 43.4 Å². The zero-order valence-corrected chi connectivity index (χ0v) is 18.8. The number of amides is 4. The number of carboxylic acid groups (broad SMARTS) is 1. The molecular formula is C18H29N7O7S. The maximum absolute atomic E-state index is 12.6. The van der Waals surface area contributed by atoms with Crippen molar-refractivity contribution >= 4 is 41.4 Å². The molecule has 0 saturated heterocycles. The Morgan fingerprint density at radius 1 is 1.09 bits per heavy atom. The summed E-state index contributed by atoms with van der Waals surface area (Å²) in [5.74, 6) is -4.35. The summed E-state index contributed by atoms with van der Waals surface area (Å²) in [6, 6.07) is -5.31. The van der Waals surface area contributed by atoms with E-state index in [1.54, 1.807) is 0 Å². The molecule has 0 aliphatic rings. The highest BCUT2D eigenvalue weighted by Gasteiger charge is 2.31. The number of aliphatic hydroxyl groups excluding tert-OH is 1. The second kappa shape index (κ2) is 14.1. The number of nitrogens with zero attached hydrogens (tertiary/aromatic N) is 1. The molecule has 4 atom stereocenters. The number of nitrogens with two attached hydrogens (primary N) is 2. The van der Waals surface area contributed by atoms with Crippen molar-refractivity contribution in [2.24, 2.45) is 11.5 Å². The molecule has 0 aromatic carbocycles. The number of aromatic nitrogens is 2. The molecule has 1 heterocycles. The maximum atomic E-state index is 12.6. The first-order valence-corrected chi connectivity index (χ1v) is 11.2. The Morgan fingerprint density at radius 2 is 1.70 bits per heavy atom. The predicted octanol–water partition coefficient (Wildman–Crippen LogP) is -3.56. The number of aliphatic carboxylic acids is 1. The molecule has 0 saturated carbocycles. The second-order valence-electron chi connectivity index (χ2n) is 7.04. The molecule has 0 aliphatic heterocycles. The molecule has 4 unspecified atom stereocenters. The van der Waals surface area contributed by atoms with Crippen LogP contribution in [0.3, 0.4) is 0 Å². The number of carboxylic acids is 1. The van der Waals surface area contributed by atoms with Crippen LogP contribution in [0.1, 0.15) is 18.5 Å². The monoisotopic (exact) mass is 487 g/mol. The number of rotatable bonds is 15. The Labute approximate surface area is 193 Å². The lowest BCUT2D eigenvalue weighted by Gasteiger charge is -2.23. The molecule has 10 N–H and O–H groups in total. The fourth-order valence-electron chi connectivity index (χ4n) is 2.62. The van der Waals surface area contributed by atoms with Crippen molar-refractivity contribution in [1.29, 1.82) is 0 Å². The van der Waals surface area contributed by atoms with Gasteiger partial charge in [0.05, 0.1) is 25.4 Å². The average molecular weight is 488 g/mol. The van der Waals surface area contributed by atoms with Gasteiger partial charge in [-0.25, -0.2) is 9.78 Å². The highest BCUT2D eigenvalue weighted by Crippen LogP contribution is 2.03. The van der Waals surface area contributed by atoms with Gasteiger partial charge in [0, 0.05) is 18.3 Å². The highest BCUT2D eigenvalue weighted by atomic mass is 32.2. The van der Waals surface area contributed by atoms with Gasteiger partial charge in [-0.05, 0) is 18.4 Å². The summed E-state index contributed by atoms with van der Waals surface area (Å²) in [6.07, 6.45) is 4.11. The van der Waals surface area contributed by atoms with Gasteiger partial charge in [-0.15, -0.1) is 0 Å². The van der Waals surface area contributed by atoms with E-state index in [0.29, 0.717) is 17.9 Å². The summed E-state index contributed by atoms with van der Waals surface area (Å²) in [5, 5.41) is 25.6. The number of carbonyl (C=O) groups is 5. The van der Waals surface area contributed by atoms with Gasteiger partial charge < -0.3 is 42.6 Å². The minimum Gasteiger partial charge on any atom is -0.480 e. The third kappa shape index (κ3) is 9.88. The van der Waals surface area contributed by atoms with Crippen molar-refractivity contribution in [3.8, 4) is 0 Å². The summed E-state index contributed by atoms with van der Waals surface area (Å²) in [7, 11) is 0. The molecule has 1 aromatic heterocycles. The van der Waals surface area contributed by atoms with Gasteiger partial charge in [-0.1, -0.05) is 0 Å². The largest absolute Gasteiger partial charge is 0.480 e. The SMILES string of the molecule is CSCCC(N)C(=O)NC(CO)C(=O)NC(CC(N)=O)C(=O)NC(Cc1cnc[nH]1)C(=O)O. The van der Waals surface area contributed by atoms with E-state index in [0.717, 1.165) is 0 Å². The van der Waals surface area contributed by atoms with E-state index in [2.05, 4.69) is 25.9 Å². The van der Waals surface area contributed by atoms with E-state index in [4.69, 9.17) is 11.5 Å². The van der Waals surface area contributed by atoms with Crippen LogP contribution in [-0.2, 0) is 30.4 Å². The molecule has 0 bridgehead atoms. The van der Waals surface area contributed by atoms with Gasteiger partial charge in [0.2, 0.25) is 23.6 Å². The van der Waals surface area contributed by atoms with Crippen molar-refractivity contribution in [2.75, 3.05) is 18.6 Å². The lowest BCUT2D eigenvalue weighted by molar-refractivity contribution is -0.142. The normalized spacial score (nSPS) is 14.4. The number of H-pyrrole nitrogens is 1. The molecule has 33 heavy (non-hydrogen) atoms. The Balaban J connectivity index is 2.85. The van der Waals surface area contributed by atoms with Crippen LogP contribution < -0.4 is 27.4 Å². The van der Waals surface area contributed by atoms with Gasteiger partial charge in [-0.3, -0.25) is 19.2 Å². The number of hydrogen-bond acceptors (Lipinski definition) is 9. The van der Waals surface area contributed by atoms with Crippen molar-refractivity contribution < 1.29 is 34.2 Å². The average Bonchev–Trinajstić information content (AvgIpc) is 3.27. The smallest absolute Gasteiger partial charge is 0.326 e. The van der Waals surface area contributed by atoms with Crippen molar-refractivity contribution in [3.63, 3.8) is 0 Å². The van der Waals surface area contributed by atoms with Crippen LogP contribution in [0.5, 0.6) is 0 Å². The van der Waals surface area contributed by atoms with E-state index in [9.17, 15) is 34.2 Å². The number of aliphatic hydroxyl groups is 1. The predicted molar refractivity (Wildman–Crippen MR) is 118 cm³/mol. The summed E-state index contributed by atoms with van der Waals surface area (Å²) < 4.78 is 0. The zero-order valence-electron chi connectivity index (χ0n) is 17.9. The summed E-state index contributed by atoms with van der Waals surface area (Å²) in [4.78, 5) is 66.7. The van der Waals surface area contributed by atoms with Crippen LogP contribution in [0.25, 0.3) is 0 Å². The molecule has 14 nitrogen and oxygen atoms in total. The molecular weight excluding hydrogens is 458 g/mol. The first-order chi connectivity index (χ1) is 15.6. The van der Waals surface area contributed by atoms with Crippen LogP contribution in [0, 0.1) is 0 Å².